The molecule has 16 heavy (non-hydrogen) atoms. The van der Waals surface area contributed by atoms with Crippen molar-refractivity contribution in [1.82, 2.24) is 4.90 Å². The summed E-state index contributed by atoms with van der Waals surface area (Å²) in [5, 5.41) is 0. The van der Waals surface area contributed by atoms with Crippen LogP contribution in [0.15, 0.2) is 30.3 Å². The van der Waals surface area contributed by atoms with Crippen LogP contribution in [0.3, 0.4) is 0 Å². The summed E-state index contributed by atoms with van der Waals surface area (Å²) in [5.74, 6) is 0. The van der Waals surface area contributed by atoms with Crippen LogP contribution in [0.5, 0.6) is 0 Å². The summed E-state index contributed by atoms with van der Waals surface area (Å²) in [6.45, 7) is 4.58. The monoisotopic (exact) mass is 218 g/mol. The first-order valence-corrected chi connectivity index (χ1v) is 6.36. The molecule has 1 aliphatic rings. The lowest BCUT2D eigenvalue weighted by Crippen LogP contribution is -2.42. The number of nitrogens with zero attached hydrogens (tertiary/aromatic N) is 1. The molecule has 0 amide bonds. The highest BCUT2D eigenvalue weighted by Crippen LogP contribution is 2.30. The van der Waals surface area contributed by atoms with Gasteiger partial charge in [-0.3, -0.25) is 4.90 Å². The van der Waals surface area contributed by atoms with Crippen LogP contribution in [0.4, 0.5) is 0 Å². The number of hydrogen-bond donors (Lipinski definition) is 1. The molecule has 1 aromatic carbocycles. The number of hydrogen-bond acceptors (Lipinski definition) is 2. The molecule has 0 bridgehead atoms. The maximum absolute atomic E-state index is 6.09. The maximum atomic E-state index is 6.09. The Morgan fingerprint density at radius 1 is 1.31 bits per heavy atom. The third-order valence-corrected chi connectivity index (χ3v) is 3.45. The summed E-state index contributed by atoms with van der Waals surface area (Å²) >= 11 is 0. The van der Waals surface area contributed by atoms with Crippen molar-refractivity contribution in [2.75, 3.05) is 13.1 Å². The first-order chi connectivity index (χ1) is 7.81. The summed E-state index contributed by atoms with van der Waals surface area (Å²) in [6.07, 6.45) is 3.46. The van der Waals surface area contributed by atoms with Gasteiger partial charge in [0.25, 0.3) is 0 Å². The second-order valence-electron chi connectivity index (χ2n) is 4.75. The summed E-state index contributed by atoms with van der Waals surface area (Å²) in [6, 6.07) is 11.7. The van der Waals surface area contributed by atoms with Crippen LogP contribution in [-0.2, 0) is 0 Å². The molecule has 2 nitrogen and oxygen atoms in total. The fraction of sp³-hybridized carbons (Fsp3) is 0.571. The molecule has 2 atom stereocenters. The van der Waals surface area contributed by atoms with E-state index >= 15 is 0 Å². The molecular formula is C14H22N2. The van der Waals surface area contributed by atoms with Gasteiger partial charge in [0.2, 0.25) is 0 Å². The van der Waals surface area contributed by atoms with E-state index in [4.69, 9.17) is 5.73 Å². The van der Waals surface area contributed by atoms with Crippen LogP contribution in [-0.4, -0.2) is 24.0 Å². The van der Waals surface area contributed by atoms with E-state index in [0.29, 0.717) is 12.1 Å². The van der Waals surface area contributed by atoms with Crippen molar-refractivity contribution in [1.29, 1.82) is 0 Å². The molecule has 2 heteroatoms. The van der Waals surface area contributed by atoms with Gasteiger partial charge in [0.05, 0.1) is 0 Å². The lowest BCUT2D eigenvalue weighted by Gasteiger charge is -2.38. The summed E-state index contributed by atoms with van der Waals surface area (Å²) in [5.41, 5.74) is 7.52. The smallest absolute Gasteiger partial charge is 0.0362 e. The van der Waals surface area contributed by atoms with Crippen molar-refractivity contribution in [3.8, 4) is 0 Å². The van der Waals surface area contributed by atoms with E-state index in [1.165, 1.54) is 18.5 Å². The van der Waals surface area contributed by atoms with E-state index in [2.05, 4.69) is 42.2 Å². The summed E-state index contributed by atoms with van der Waals surface area (Å²) in [4.78, 5) is 2.58. The SMILES string of the molecule is CCCN1CCC(N)CC1c1ccccc1. The molecule has 0 spiro atoms. The van der Waals surface area contributed by atoms with Crippen LogP contribution < -0.4 is 5.73 Å². The zero-order valence-corrected chi connectivity index (χ0v) is 10.1. The molecule has 2 N–H and O–H groups in total. The van der Waals surface area contributed by atoms with E-state index in [-0.39, 0.29) is 0 Å². The van der Waals surface area contributed by atoms with Gasteiger partial charge < -0.3 is 5.73 Å². The molecule has 0 aromatic heterocycles. The number of rotatable bonds is 3. The average molecular weight is 218 g/mol. The zero-order valence-electron chi connectivity index (χ0n) is 10.1. The van der Waals surface area contributed by atoms with E-state index < -0.39 is 0 Å². The van der Waals surface area contributed by atoms with Crippen molar-refractivity contribution < 1.29 is 0 Å². The van der Waals surface area contributed by atoms with Gasteiger partial charge in [-0.2, -0.15) is 0 Å². The third-order valence-electron chi connectivity index (χ3n) is 3.45. The Morgan fingerprint density at radius 3 is 2.75 bits per heavy atom. The highest BCUT2D eigenvalue weighted by atomic mass is 15.2. The Kier molecular flexibility index (Phi) is 3.97. The fourth-order valence-electron chi connectivity index (χ4n) is 2.62. The lowest BCUT2D eigenvalue weighted by atomic mass is 9.92. The topological polar surface area (TPSA) is 29.3 Å². The first kappa shape index (κ1) is 11.6. The number of likely N-dealkylation sites (tertiary alicyclic amines) is 1. The van der Waals surface area contributed by atoms with E-state index in [9.17, 15) is 0 Å². The second-order valence-corrected chi connectivity index (χ2v) is 4.75. The van der Waals surface area contributed by atoms with E-state index in [0.717, 1.165) is 19.4 Å². The molecule has 88 valence electrons. The molecule has 2 unspecified atom stereocenters. The van der Waals surface area contributed by atoms with Crippen molar-refractivity contribution in [3.63, 3.8) is 0 Å². The molecule has 1 aliphatic heterocycles. The third kappa shape index (κ3) is 2.63. The van der Waals surface area contributed by atoms with E-state index in [1.807, 2.05) is 0 Å². The van der Waals surface area contributed by atoms with Gasteiger partial charge in [0, 0.05) is 18.6 Å². The highest BCUT2D eigenvalue weighted by molar-refractivity contribution is 5.20. The van der Waals surface area contributed by atoms with Gasteiger partial charge in [-0.05, 0) is 31.4 Å². The largest absolute Gasteiger partial charge is 0.328 e. The predicted octanol–water partition coefficient (Wildman–Crippen LogP) is 2.56. The predicted molar refractivity (Wildman–Crippen MR) is 68.3 cm³/mol. The van der Waals surface area contributed by atoms with Crippen molar-refractivity contribution >= 4 is 0 Å². The number of benzene rings is 1. The van der Waals surface area contributed by atoms with Gasteiger partial charge in [0.15, 0.2) is 0 Å². The minimum absolute atomic E-state index is 0.373. The first-order valence-electron chi connectivity index (χ1n) is 6.36. The summed E-state index contributed by atoms with van der Waals surface area (Å²) < 4.78 is 0. The fourth-order valence-corrected chi connectivity index (χ4v) is 2.62. The van der Waals surface area contributed by atoms with Crippen LogP contribution in [0.25, 0.3) is 0 Å². The Hall–Kier alpha value is -0.860. The van der Waals surface area contributed by atoms with Crippen LogP contribution >= 0.6 is 0 Å². The quantitative estimate of drug-likeness (QED) is 0.845. The molecule has 1 aromatic rings. The molecule has 1 saturated heterocycles. The van der Waals surface area contributed by atoms with Gasteiger partial charge >= 0.3 is 0 Å². The normalized spacial score (nSPS) is 26.9. The van der Waals surface area contributed by atoms with Crippen LogP contribution in [0, 0.1) is 0 Å². The van der Waals surface area contributed by atoms with Crippen LogP contribution in [0.1, 0.15) is 37.8 Å². The van der Waals surface area contributed by atoms with Gasteiger partial charge in [0.1, 0.15) is 0 Å². The highest BCUT2D eigenvalue weighted by Gasteiger charge is 2.26. The minimum atomic E-state index is 0.373. The number of nitrogens with two attached hydrogens (primary N) is 1. The zero-order chi connectivity index (χ0) is 11.4. The Balaban J connectivity index is 2.14. The molecule has 0 radical (unpaired) electrons. The van der Waals surface area contributed by atoms with Gasteiger partial charge in [-0.1, -0.05) is 37.3 Å². The summed E-state index contributed by atoms with van der Waals surface area (Å²) in [7, 11) is 0. The standard InChI is InChI=1S/C14H22N2/c1-2-9-16-10-8-13(15)11-14(16)12-6-4-3-5-7-12/h3-7,13-14H,2,8-11,15H2,1H3. The van der Waals surface area contributed by atoms with Crippen molar-refractivity contribution in [3.05, 3.63) is 35.9 Å². The maximum Gasteiger partial charge on any atom is 0.0362 e. The van der Waals surface area contributed by atoms with Crippen molar-refractivity contribution in [2.24, 2.45) is 5.73 Å². The Morgan fingerprint density at radius 2 is 2.06 bits per heavy atom. The minimum Gasteiger partial charge on any atom is -0.328 e. The molecule has 1 fully saturated rings. The molecular weight excluding hydrogens is 196 g/mol. The van der Waals surface area contributed by atoms with E-state index in [1.54, 1.807) is 0 Å². The molecule has 1 heterocycles. The number of piperidine rings is 1. The lowest BCUT2D eigenvalue weighted by molar-refractivity contribution is 0.136. The average Bonchev–Trinajstić information content (AvgIpc) is 2.33. The molecule has 0 saturated carbocycles. The molecule has 2 rings (SSSR count). The van der Waals surface area contributed by atoms with Crippen LogP contribution in [0.2, 0.25) is 0 Å². The van der Waals surface area contributed by atoms with Gasteiger partial charge in [-0.15, -0.1) is 0 Å². The van der Waals surface area contributed by atoms with Crippen molar-refractivity contribution in [2.45, 2.75) is 38.3 Å². The van der Waals surface area contributed by atoms with Gasteiger partial charge in [-0.25, -0.2) is 0 Å². The second kappa shape index (κ2) is 5.46. The Labute approximate surface area is 98.4 Å². The Bertz CT molecular complexity index is 310. The molecule has 0 aliphatic carbocycles.